The Morgan fingerprint density at radius 2 is 1.62 bits per heavy atom. The van der Waals surface area contributed by atoms with E-state index in [0.717, 1.165) is 33.5 Å². The first-order valence-corrected chi connectivity index (χ1v) is 12.6. The highest BCUT2D eigenvalue weighted by atomic mass is 35.5. The number of rotatable bonds is 11. The molecule has 206 valence electrons. The molecule has 0 radical (unpaired) electrons. The fraction of sp³-hybridized carbons (Fsp3) is 0.172. The third-order valence-corrected chi connectivity index (χ3v) is 6.47. The Balaban J connectivity index is 1.61. The summed E-state index contributed by atoms with van der Waals surface area (Å²) in [7, 11) is 0. The van der Waals surface area contributed by atoms with Crippen molar-refractivity contribution in [2.24, 2.45) is 0 Å². The van der Waals surface area contributed by atoms with E-state index >= 15 is 0 Å². The summed E-state index contributed by atoms with van der Waals surface area (Å²) < 4.78 is 15.4. The van der Waals surface area contributed by atoms with Gasteiger partial charge in [-0.1, -0.05) is 72.3 Å². The van der Waals surface area contributed by atoms with E-state index in [2.05, 4.69) is 5.10 Å². The van der Waals surface area contributed by atoms with Crippen molar-refractivity contribution in [2.75, 3.05) is 6.54 Å². The first-order valence-electron chi connectivity index (χ1n) is 12.2. The molecule has 3 N–H and O–H groups in total. The van der Waals surface area contributed by atoms with Crippen molar-refractivity contribution in [1.29, 1.82) is 0 Å². The van der Waals surface area contributed by atoms with E-state index in [4.69, 9.17) is 16.7 Å². The largest absolute Gasteiger partial charge is 0.479 e. The van der Waals surface area contributed by atoms with Gasteiger partial charge in [0.25, 0.3) is 5.91 Å². The van der Waals surface area contributed by atoms with Gasteiger partial charge in [0.1, 0.15) is 11.5 Å². The lowest BCUT2D eigenvalue weighted by Gasteiger charge is -2.23. The lowest BCUT2D eigenvalue weighted by atomic mass is 10.0. The molecule has 0 spiro atoms. The first-order chi connectivity index (χ1) is 19.1. The number of hydrogen-bond acceptors (Lipinski definition) is 5. The van der Waals surface area contributed by atoms with Gasteiger partial charge in [0.2, 0.25) is 0 Å². The second-order valence-electron chi connectivity index (χ2n) is 9.05. The summed E-state index contributed by atoms with van der Waals surface area (Å²) in [6.45, 7) is -0.369. The molecular formula is C29H25ClFN3O6. The molecule has 11 heteroatoms. The zero-order valence-corrected chi connectivity index (χ0v) is 21.8. The quantitative estimate of drug-likeness (QED) is 0.243. The zero-order chi connectivity index (χ0) is 28.8. The molecule has 9 nitrogen and oxygen atoms in total. The van der Waals surface area contributed by atoms with E-state index in [0.29, 0.717) is 0 Å². The van der Waals surface area contributed by atoms with Crippen LogP contribution in [0.1, 0.15) is 38.5 Å². The van der Waals surface area contributed by atoms with Crippen LogP contribution in [0.5, 0.6) is 0 Å². The fourth-order valence-electron chi connectivity index (χ4n) is 4.09. The van der Waals surface area contributed by atoms with Crippen LogP contribution in [0.4, 0.5) is 4.39 Å². The number of aliphatic hydroxyl groups excluding tert-OH is 1. The maximum Gasteiger partial charge on any atom is 0.354 e. The Morgan fingerprint density at radius 1 is 0.950 bits per heavy atom. The van der Waals surface area contributed by atoms with E-state index < -0.39 is 29.8 Å². The molecule has 0 aliphatic carbocycles. The standard InChI is InChI=1S/C29H25ClFN3O6/c30-22-11-10-21(23(31)14-22)17-34-25(28(37)38)15-24(32-34)27(36)33(13-12-26(35)29(39)40)16-18-6-8-20(9-7-18)19-4-2-1-3-5-19/h1-11,14-15,26,35H,12-13,16-17H2,(H,37,38)(H,39,40). The molecule has 1 atom stereocenters. The number of carboxylic acids is 2. The first kappa shape index (κ1) is 28.5. The topological polar surface area (TPSA) is 133 Å². The second-order valence-corrected chi connectivity index (χ2v) is 9.48. The van der Waals surface area contributed by atoms with Crippen LogP contribution in [0, 0.1) is 5.82 Å². The van der Waals surface area contributed by atoms with Gasteiger partial charge in [0, 0.05) is 36.2 Å². The second kappa shape index (κ2) is 12.5. The van der Waals surface area contributed by atoms with Crippen LogP contribution in [0.15, 0.2) is 78.9 Å². The summed E-state index contributed by atoms with van der Waals surface area (Å²) >= 11 is 5.80. The number of carbonyl (C=O) groups excluding carboxylic acids is 1. The number of carbonyl (C=O) groups is 3. The number of carboxylic acid groups (broad SMARTS) is 2. The molecule has 40 heavy (non-hydrogen) atoms. The van der Waals surface area contributed by atoms with E-state index in [1.165, 1.54) is 17.0 Å². The lowest BCUT2D eigenvalue weighted by Crippen LogP contribution is -2.35. The maximum absolute atomic E-state index is 14.4. The predicted octanol–water partition coefficient (Wildman–Crippen LogP) is 4.57. The third kappa shape index (κ3) is 6.90. The molecule has 0 aliphatic rings. The van der Waals surface area contributed by atoms with Crippen LogP contribution in [0.25, 0.3) is 11.1 Å². The Hall–Kier alpha value is -4.54. The normalized spacial score (nSPS) is 11.7. The van der Waals surface area contributed by atoms with Gasteiger partial charge in [-0.2, -0.15) is 5.10 Å². The van der Waals surface area contributed by atoms with Crippen molar-refractivity contribution in [3.63, 3.8) is 0 Å². The van der Waals surface area contributed by atoms with Gasteiger partial charge >= 0.3 is 11.9 Å². The predicted molar refractivity (Wildman–Crippen MR) is 145 cm³/mol. The van der Waals surface area contributed by atoms with Gasteiger partial charge in [-0.3, -0.25) is 9.48 Å². The van der Waals surface area contributed by atoms with Crippen LogP contribution >= 0.6 is 11.6 Å². The number of aromatic carboxylic acids is 1. The average Bonchev–Trinajstić information content (AvgIpc) is 3.37. The summed E-state index contributed by atoms with van der Waals surface area (Å²) in [5.74, 6) is -4.13. The molecule has 4 rings (SSSR count). The number of amides is 1. The number of nitrogens with zero attached hydrogens (tertiary/aromatic N) is 3. The van der Waals surface area contributed by atoms with E-state index in [1.807, 2.05) is 54.6 Å². The minimum atomic E-state index is -1.70. The number of hydrogen-bond donors (Lipinski definition) is 3. The summed E-state index contributed by atoms with van der Waals surface area (Å²) in [5.41, 5.74) is 2.25. The Labute approximate surface area is 233 Å². The van der Waals surface area contributed by atoms with Crippen LogP contribution in [-0.4, -0.2) is 60.5 Å². The monoisotopic (exact) mass is 565 g/mol. The number of aromatic nitrogens is 2. The number of aliphatic hydroxyl groups is 1. The van der Waals surface area contributed by atoms with Crippen LogP contribution in [0.2, 0.25) is 5.02 Å². The van der Waals surface area contributed by atoms with Crippen molar-refractivity contribution in [2.45, 2.75) is 25.6 Å². The molecule has 1 amide bonds. The van der Waals surface area contributed by atoms with Crippen LogP contribution in [-0.2, 0) is 17.9 Å². The van der Waals surface area contributed by atoms with Gasteiger partial charge in [-0.25, -0.2) is 14.0 Å². The minimum Gasteiger partial charge on any atom is -0.479 e. The van der Waals surface area contributed by atoms with Crippen molar-refractivity contribution < 1.29 is 34.1 Å². The minimum absolute atomic E-state index is 0.0430. The summed E-state index contributed by atoms with van der Waals surface area (Å²) in [4.78, 5) is 37.8. The number of aliphatic carboxylic acids is 1. The molecule has 1 heterocycles. The van der Waals surface area contributed by atoms with Crippen molar-refractivity contribution in [3.05, 3.63) is 112 Å². The molecule has 0 saturated heterocycles. The van der Waals surface area contributed by atoms with Crippen molar-refractivity contribution in [1.82, 2.24) is 14.7 Å². The molecule has 1 aromatic heterocycles. The zero-order valence-electron chi connectivity index (χ0n) is 21.1. The van der Waals surface area contributed by atoms with Crippen LogP contribution in [0.3, 0.4) is 0 Å². The Morgan fingerprint density at radius 3 is 2.25 bits per heavy atom. The fourth-order valence-corrected chi connectivity index (χ4v) is 4.25. The molecule has 0 aliphatic heterocycles. The van der Waals surface area contributed by atoms with Gasteiger partial charge in [-0.05, 0) is 28.8 Å². The molecular weight excluding hydrogens is 541 g/mol. The SMILES string of the molecule is O=C(O)c1cc(C(=O)N(CCC(O)C(=O)O)Cc2ccc(-c3ccccc3)cc2)nn1Cc1ccc(Cl)cc1F. The Kier molecular flexibility index (Phi) is 8.93. The highest BCUT2D eigenvalue weighted by molar-refractivity contribution is 6.30. The smallest absolute Gasteiger partial charge is 0.354 e. The van der Waals surface area contributed by atoms with Crippen molar-refractivity contribution in [3.8, 4) is 11.1 Å². The number of benzene rings is 3. The Bertz CT molecular complexity index is 1520. The van der Waals surface area contributed by atoms with Gasteiger partial charge in [0.15, 0.2) is 11.8 Å². The highest BCUT2D eigenvalue weighted by Crippen LogP contribution is 2.21. The van der Waals surface area contributed by atoms with Gasteiger partial charge in [0.05, 0.1) is 6.54 Å². The molecule has 0 fully saturated rings. The number of halogens is 2. The van der Waals surface area contributed by atoms with Gasteiger partial charge < -0.3 is 20.2 Å². The summed E-state index contributed by atoms with van der Waals surface area (Å²) in [6.07, 6.45) is -1.96. The van der Waals surface area contributed by atoms with Crippen LogP contribution < -0.4 is 0 Å². The van der Waals surface area contributed by atoms with Crippen molar-refractivity contribution >= 4 is 29.4 Å². The van der Waals surface area contributed by atoms with Gasteiger partial charge in [-0.15, -0.1) is 0 Å². The van der Waals surface area contributed by atoms with E-state index in [9.17, 15) is 29.0 Å². The highest BCUT2D eigenvalue weighted by Gasteiger charge is 2.25. The van der Waals surface area contributed by atoms with E-state index in [1.54, 1.807) is 0 Å². The molecule has 0 saturated carbocycles. The summed E-state index contributed by atoms with van der Waals surface area (Å²) in [6, 6.07) is 22.1. The third-order valence-electron chi connectivity index (χ3n) is 6.23. The average molecular weight is 566 g/mol. The molecule has 1 unspecified atom stereocenters. The molecule has 4 aromatic rings. The van der Waals surface area contributed by atoms with E-state index in [-0.39, 0.29) is 48.0 Å². The molecule has 0 bridgehead atoms. The molecule has 3 aromatic carbocycles. The maximum atomic E-state index is 14.4. The lowest BCUT2D eigenvalue weighted by molar-refractivity contribution is -0.147. The summed E-state index contributed by atoms with van der Waals surface area (Å²) in [5, 5.41) is 32.9.